The second-order valence-corrected chi connectivity index (χ2v) is 6.96. The number of ether oxygens (including phenoxy) is 1. The van der Waals surface area contributed by atoms with E-state index in [1.165, 1.54) is 12.1 Å². The molecule has 7 heteroatoms. The van der Waals surface area contributed by atoms with Crippen LogP contribution in [0.4, 0.5) is 4.39 Å². The molecule has 0 unspecified atom stereocenters. The van der Waals surface area contributed by atoms with Crippen molar-refractivity contribution >= 4 is 11.9 Å². The van der Waals surface area contributed by atoms with Gasteiger partial charge in [-0.1, -0.05) is 30.3 Å². The van der Waals surface area contributed by atoms with Gasteiger partial charge in [0.1, 0.15) is 5.82 Å². The zero-order valence-corrected chi connectivity index (χ0v) is 15.7. The fourth-order valence-corrected chi connectivity index (χ4v) is 2.95. The summed E-state index contributed by atoms with van der Waals surface area (Å²) < 4.78 is 19.7. The zero-order valence-electron chi connectivity index (χ0n) is 15.7. The van der Waals surface area contributed by atoms with E-state index < -0.39 is 18.5 Å². The maximum Gasteiger partial charge on any atom is 0.357 e. The van der Waals surface area contributed by atoms with Gasteiger partial charge >= 0.3 is 5.97 Å². The minimum Gasteiger partial charge on any atom is -0.451 e. The summed E-state index contributed by atoms with van der Waals surface area (Å²) >= 11 is 0. The average Bonchev–Trinajstić information content (AvgIpc) is 3.50. The third-order valence-electron chi connectivity index (χ3n) is 4.67. The average molecular weight is 393 g/mol. The first kappa shape index (κ1) is 18.9. The van der Waals surface area contributed by atoms with Crippen LogP contribution in [0.5, 0.6) is 0 Å². The number of hydrogen-bond acceptors (Lipinski definition) is 4. The quantitative estimate of drug-likeness (QED) is 0.625. The molecule has 1 aromatic heterocycles. The molecule has 148 valence electrons. The Hall–Kier alpha value is -3.48. The first-order chi connectivity index (χ1) is 14.1. The second-order valence-electron chi connectivity index (χ2n) is 6.96. The van der Waals surface area contributed by atoms with Crippen LogP contribution in [0.3, 0.4) is 0 Å². The summed E-state index contributed by atoms with van der Waals surface area (Å²) in [6.45, 7) is -0.177. The third kappa shape index (κ3) is 4.68. The highest BCUT2D eigenvalue weighted by atomic mass is 19.1. The number of carbonyl (C=O) groups excluding carboxylic acids is 2. The summed E-state index contributed by atoms with van der Waals surface area (Å²) in [5.41, 5.74) is 2.67. The number of esters is 1. The van der Waals surface area contributed by atoms with Gasteiger partial charge < -0.3 is 10.1 Å². The number of benzene rings is 2. The van der Waals surface area contributed by atoms with E-state index in [9.17, 15) is 14.0 Å². The molecule has 0 saturated heterocycles. The smallest absolute Gasteiger partial charge is 0.357 e. The van der Waals surface area contributed by atoms with Crippen LogP contribution in [0.1, 0.15) is 40.5 Å². The fourth-order valence-electron chi connectivity index (χ4n) is 2.95. The highest BCUT2D eigenvalue weighted by molar-refractivity contribution is 5.90. The Kier molecular flexibility index (Phi) is 5.37. The van der Waals surface area contributed by atoms with Crippen molar-refractivity contribution < 1.29 is 18.7 Å². The van der Waals surface area contributed by atoms with Gasteiger partial charge in [-0.3, -0.25) is 4.79 Å². The number of amides is 1. The van der Waals surface area contributed by atoms with Gasteiger partial charge in [0.2, 0.25) is 0 Å². The molecule has 0 bridgehead atoms. The predicted octanol–water partition coefficient (Wildman–Crippen LogP) is 3.36. The van der Waals surface area contributed by atoms with Gasteiger partial charge in [0.15, 0.2) is 12.3 Å². The van der Waals surface area contributed by atoms with Crippen LogP contribution in [-0.2, 0) is 16.1 Å². The molecule has 0 aliphatic heterocycles. The lowest BCUT2D eigenvalue weighted by atomic mass is 10.2. The number of nitrogens with zero attached hydrogens (tertiary/aromatic N) is 2. The number of aromatic nitrogens is 2. The lowest BCUT2D eigenvalue weighted by Crippen LogP contribution is -2.28. The van der Waals surface area contributed by atoms with E-state index in [0.717, 1.165) is 29.8 Å². The van der Waals surface area contributed by atoms with Gasteiger partial charge in [-0.25, -0.2) is 13.9 Å². The van der Waals surface area contributed by atoms with E-state index in [0.29, 0.717) is 11.6 Å². The van der Waals surface area contributed by atoms with Crippen molar-refractivity contribution in [1.29, 1.82) is 0 Å². The standard InChI is InChI=1S/C22H20FN3O3/c23-17-10-6-15(7-11-17)13-24-21(27)14-29-22(28)20-12-19(16-8-9-16)25-26(20)18-4-2-1-3-5-18/h1-7,10-12,16H,8-9,13-14H2,(H,24,27). The molecule has 6 nitrogen and oxygen atoms in total. The zero-order chi connectivity index (χ0) is 20.2. The van der Waals surface area contributed by atoms with Crippen LogP contribution in [0.15, 0.2) is 60.7 Å². The van der Waals surface area contributed by atoms with Crippen LogP contribution in [0.25, 0.3) is 5.69 Å². The monoisotopic (exact) mass is 393 g/mol. The molecule has 1 heterocycles. The number of halogens is 1. The summed E-state index contributed by atoms with van der Waals surface area (Å²) in [6, 6.07) is 16.9. The molecule has 0 radical (unpaired) electrons. The molecule has 1 saturated carbocycles. The van der Waals surface area contributed by atoms with Crippen LogP contribution >= 0.6 is 0 Å². The van der Waals surface area contributed by atoms with Crippen LogP contribution in [0.2, 0.25) is 0 Å². The topological polar surface area (TPSA) is 73.2 Å². The second kappa shape index (κ2) is 8.26. The highest BCUT2D eigenvalue weighted by Crippen LogP contribution is 2.39. The van der Waals surface area contributed by atoms with Crippen molar-refractivity contribution in [2.24, 2.45) is 0 Å². The van der Waals surface area contributed by atoms with Gasteiger partial charge in [-0.2, -0.15) is 5.10 Å². The van der Waals surface area contributed by atoms with E-state index in [1.807, 2.05) is 30.3 Å². The Morgan fingerprint density at radius 1 is 1.10 bits per heavy atom. The third-order valence-corrected chi connectivity index (χ3v) is 4.67. The maximum absolute atomic E-state index is 12.9. The summed E-state index contributed by atoms with van der Waals surface area (Å²) in [6.07, 6.45) is 2.12. The van der Waals surface area contributed by atoms with E-state index in [1.54, 1.807) is 22.9 Å². The molecule has 1 N–H and O–H groups in total. The van der Waals surface area contributed by atoms with Gasteiger partial charge in [0, 0.05) is 12.5 Å². The molecule has 2 aromatic carbocycles. The van der Waals surface area contributed by atoms with Crippen LogP contribution < -0.4 is 5.32 Å². The molecular weight excluding hydrogens is 373 g/mol. The molecule has 0 atom stereocenters. The summed E-state index contributed by atoms with van der Waals surface area (Å²) in [5, 5.41) is 7.20. The summed E-state index contributed by atoms with van der Waals surface area (Å²) in [7, 11) is 0. The highest BCUT2D eigenvalue weighted by Gasteiger charge is 2.29. The van der Waals surface area contributed by atoms with Gasteiger partial charge in [-0.15, -0.1) is 0 Å². The lowest BCUT2D eigenvalue weighted by Gasteiger charge is -2.08. The Bertz CT molecular complexity index is 1010. The molecule has 0 spiro atoms. The molecule has 1 aliphatic rings. The van der Waals surface area contributed by atoms with Crippen molar-refractivity contribution in [2.45, 2.75) is 25.3 Å². The number of nitrogens with one attached hydrogen (secondary N) is 1. The summed E-state index contributed by atoms with van der Waals surface area (Å²) in [4.78, 5) is 24.6. The molecular formula is C22H20FN3O3. The first-order valence-corrected chi connectivity index (χ1v) is 9.44. The molecule has 4 rings (SSSR count). The SMILES string of the molecule is O=C(COC(=O)c1cc(C2CC2)nn1-c1ccccc1)NCc1ccc(F)cc1. The van der Waals surface area contributed by atoms with Gasteiger partial charge in [-0.05, 0) is 48.7 Å². The van der Waals surface area contributed by atoms with Crippen molar-refractivity contribution in [3.63, 3.8) is 0 Å². The van der Waals surface area contributed by atoms with E-state index >= 15 is 0 Å². The Balaban J connectivity index is 1.39. The molecule has 3 aromatic rings. The van der Waals surface area contributed by atoms with Gasteiger partial charge in [0.25, 0.3) is 5.91 Å². The number of hydrogen-bond donors (Lipinski definition) is 1. The minimum absolute atomic E-state index is 0.227. The van der Waals surface area contributed by atoms with Gasteiger partial charge in [0.05, 0.1) is 11.4 Å². The number of carbonyl (C=O) groups is 2. The van der Waals surface area contributed by atoms with Crippen molar-refractivity contribution in [3.05, 3.63) is 83.4 Å². The maximum atomic E-state index is 12.9. The van der Waals surface area contributed by atoms with E-state index in [4.69, 9.17) is 4.74 Å². The Labute approximate surface area is 167 Å². The minimum atomic E-state index is -0.606. The number of para-hydroxylation sites is 1. The Morgan fingerprint density at radius 2 is 1.83 bits per heavy atom. The molecule has 1 fully saturated rings. The largest absolute Gasteiger partial charge is 0.451 e. The lowest BCUT2D eigenvalue weighted by molar-refractivity contribution is -0.124. The fraction of sp³-hybridized carbons (Fsp3) is 0.227. The predicted molar refractivity (Wildman–Crippen MR) is 104 cm³/mol. The number of rotatable bonds is 7. The summed E-state index contributed by atoms with van der Waals surface area (Å²) in [5.74, 6) is -0.999. The Morgan fingerprint density at radius 3 is 2.52 bits per heavy atom. The van der Waals surface area contributed by atoms with Crippen molar-refractivity contribution in [3.8, 4) is 5.69 Å². The van der Waals surface area contributed by atoms with E-state index in [-0.39, 0.29) is 12.4 Å². The normalized spacial score (nSPS) is 13.1. The molecule has 1 aliphatic carbocycles. The van der Waals surface area contributed by atoms with Crippen molar-refractivity contribution in [2.75, 3.05) is 6.61 Å². The van der Waals surface area contributed by atoms with Crippen LogP contribution in [0, 0.1) is 5.82 Å². The van der Waals surface area contributed by atoms with Crippen LogP contribution in [-0.4, -0.2) is 28.3 Å². The molecule has 29 heavy (non-hydrogen) atoms. The van der Waals surface area contributed by atoms with E-state index in [2.05, 4.69) is 10.4 Å². The first-order valence-electron chi connectivity index (χ1n) is 9.44. The van der Waals surface area contributed by atoms with Crippen molar-refractivity contribution in [1.82, 2.24) is 15.1 Å². The molecule has 1 amide bonds.